The van der Waals surface area contributed by atoms with Crippen molar-refractivity contribution in [2.24, 2.45) is 0 Å². The fraction of sp³-hybridized carbons (Fsp3) is 0.148. The maximum absolute atomic E-state index is 11.3. The molecule has 1 aliphatic rings. The Morgan fingerprint density at radius 2 is 1.71 bits per heavy atom. The molecule has 2 atom stereocenters. The van der Waals surface area contributed by atoms with Crippen molar-refractivity contribution >= 4 is 44.9 Å². The second-order valence-corrected chi connectivity index (χ2v) is 9.79. The quantitative estimate of drug-likeness (QED) is 0.293. The number of aryl methyl sites for hydroxylation is 1. The van der Waals surface area contributed by atoms with E-state index >= 15 is 0 Å². The van der Waals surface area contributed by atoms with Crippen LogP contribution in [0.2, 0.25) is 0 Å². The summed E-state index contributed by atoms with van der Waals surface area (Å²) in [6.07, 6.45) is 1.80. The molecule has 5 rings (SSSR count). The summed E-state index contributed by atoms with van der Waals surface area (Å²) in [6, 6.07) is 22.9. The minimum Gasteiger partial charge on any atom is -0.478 e. The van der Waals surface area contributed by atoms with Crippen LogP contribution >= 0.6 is 28.1 Å². The van der Waals surface area contributed by atoms with Crippen LogP contribution in [0.25, 0.3) is 5.69 Å². The molecule has 176 valence electrons. The molecule has 4 aromatic rings. The minimum absolute atomic E-state index is 0.128. The third-order valence-corrected chi connectivity index (χ3v) is 7.21. The largest absolute Gasteiger partial charge is 0.478 e. The number of nitrogens with one attached hydrogen (secondary N) is 1. The predicted molar refractivity (Wildman–Crippen MR) is 144 cm³/mol. The lowest BCUT2D eigenvalue weighted by atomic mass is 9.96. The van der Waals surface area contributed by atoms with E-state index in [0.717, 1.165) is 38.5 Å². The van der Waals surface area contributed by atoms with Crippen molar-refractivity contribution in [3.8, 4) is 5.69 Å². The van der Waals surface area contributed by atoms with E-state index in [1.165, 1.54) is 0 Å². The van der Waals surface area contributed by atoms with Gasteiger partial charge in [0.1, 0.15) is 0 Å². The molecule has 0 saturated carbocycles. The van der Waals surface area contributed by atoms with Gasteiger partial charge in [-0.15, -0.1) is 0 Å². The number of halogens is 1. The Hall–Kier alpha value is -3.49. The fourth-order valence-corrected chi connectivity index (χ4v) is 5.40. The van der Waals surface area contributed by atoms with Gasteiger partial charge in [0.15, 0.2) is 5.11 Å². The van der Waals surface area contributed by atoms with Crippen molar-refractivity contribution in [3.05, 3.63) is 112 Å². The van der Waals surface area contributed by atoms with Crippen LogP contribution in [0, 0.1) is 13.8 Å². The van der Waals surface area contributed by atoms with Gasteiger partial charge in [0.25, 0.3) is 0 Å². The first-order chi connectivity index (χ1) is 16.8. The summed E-state index contributed by atoms with van der Waals surface area (Å²) in [5.41, 5.74) is 6.31. The maximum atomic E-state index is 11.3. The van der Waals surface area contributed by atoms with E-state index in [1.54, 1.807) is 18.3 Å². The van der Waals surface area contributed by atoms with Gasteiger partial charge in [0.05, 0.1) is 23.3 Å². The Labute approximate surface area is 217 Å². The smallest absolute Gasteiger partial charge is 0.335 e. The van der Waals surface area contributed by atoms with E-state index in [0.29, 0.717) is 5.11 Å². The Morgan fingerprint density at radius 3 is 2.34 bits per heavy atom. The summed E-state index contributed by atoms with van der Waals surface area (Å²) in [7, 11) is 0. The first kappa shape index (κ1) is 23.3. The molecule has 1 fully saturated rings. The van der Waals surface area contributed by atoms with Gasteiger partial charge in [0, 0.05) is 33.4 Å². The molecule has 2 aromatic heterocycles. The third-order valence-electron chi connectivity index (χ3n) is 6.36. The minimum atomic E-state index is -0.938. The molecule has 0 spiro atoms. The molecule has 0 radical (unpaired) electrons. The lowest BCUT2D eigenvalue weighted by Gasteiger charge is -2.28. The summed E-state index contributed by atoms with van der Waals surface area (Å²) in [6.45, 7) is 4.14. The number of carboxylic acid groups (broad SMARTS) is 1. The molecule has 0 amide bonds. The molecule has 1 aliphatic heterocycles. The number of hydrogen-bond donors (Lipinski definition) is 2. The van der Waals surface area contributed by atoms with E-state index in [-0.39, 0.29) is 17.6 Å². The Bertz CT molecular complexity index is 1400. The molecule has 6 nitrogen and oxygen atoms in total. The number of pyridine rings is 1. The van der Waals surface area contributed by atoms with E-state index in [1.807, 2.05) is 42.5 Å². The number of anilines is 1. The van der Waals surface area contributed by atoms with Gasteiger partial charge < -0.3 is 19.9 Å². The number of carboxylic acids is 1. The molecule has 0 aliphatic carbocycles. The summed E-state index contributed by atoms with van der Waals surface area (Å²) in [5.74, 6) is -0.938. The molecular weight excluding hydrogens is 524 g/mol. The van der Waals surface area contributed by atoms with Crippen molar-refractivity contribution in [2.45, 2.75) is 25.9 Å². The lowest BCUT2D eigenvalue weighted by molar-refractivity contribution is 0.0697. The number of rotatable bonds is 5. The van der Waals surface area contributed by atoms with E-state index < -0.39 is 5.97 Å². The molecule has 35 heavy (non-hydrogen) atoms. The third kappa shape index (κ3) is 4.24. The van der Waals surface area contributed by atoms with Crippen molar-refractivity contribution in [1.29, 1.82) is 0 Å². The number of nitrogens with zero attached hydrogens (tertiary/aromatic N) is 3. The van der Waals surface area contributed by atoms with Crippen molar-refractivity contribution in [1.82, 2.24) is 14.9 Å². The van der Waals surface area contributed by atoms with Crippen LogP contribution in [0.5, 0.6) is 0 Å². The highest BCUT2D eigenvalue weighted by Crippen LogP contribution is 2.43. The van der Waals surface area contributed by atoms with Crippen molar-refractivity contribution < 1.29 is 9.90 Å². The molecule has 8 heteroatoms. The predicted octanol–water partition coefficient (Wildman–Crippen LogP) is 6.13. The summed E-state index contributed by atoms with van der Waals surface area (Å²) < 4.78 is 3.15. The standard InChI is InChI=1S/C27H23BrN4O2S/c1-16-15-22(17(2)31(16)20-10-6-18(7-11-20)26(33)34)25-24(23-5-3-4-14-29-23)30-27(35)32(25)21-12-8-19(28)9-13-21/h3-15,24-25H,1-2H3,(H,30,35)(H,33,34)/t24-,25+/m0/s1. The molecule has 3 heterocycles. The molecule has 2 N–H and O–H groups in total. The zero-order valence-corrected chi connectivity index (χ0v) is 21.5. The molecule has 1 saturated heterocycles. The summed E-state index contributed by atoms with van der Waals surface area (Å²) in [5, 5.41) is 13.4. The monoisotopic (exact) mass is 546 g/mol. The Balaban J connectivity index is 1.65. The van der Waals surface area contributed by atoms with E-state index in [2.05, 4.69) is 67.7 Å². The van der Waals surface area contributed by atoms with Crippen molar-refractivity contribution in [3.63, 3.8) is 0 Å². The molecular formula is C27H23BrN4O2S. The maximum Gasteiger partial charge on any atom is 0.335 e. The number of benzene rings is 2. The van der Waals surface area contributed by atoms with Gasteiger partial charge in [0.2, 0.25) is 0 Å². The average molecular weight is 547 g/mol. The number of thiocarbonyl (C=S) groups is 1. The van der Waals surface area contributed by atoms with Gasteiger partial charge in [-0.25, -0.2) is 4.79 Å². The summed E-state index contributed by atoms with van der Waals surface area (Å²) >= 11 is 9.36. The topological polar surface area (TPSA) is 70.4 Å². The SMILES string of the molecule is Cc1cc([C@@H]2[C@H](c3ccccn3)NC(=S)N2c2ccc(Br)cc2)c(C)n1-c1ccc(C(=O)O)cc1. The Kier molecular flexibility index (Phi) is 6.17. The Morgan fingerprint density at radius 1 is 1.03 bits per heavy atom. The normalized spacial score (nSPS) is 17.5. The van der Waals surface area contributed by atoms with Gasteiger partial charge in [-0.05, 0) is 98.4 Å². The number of carbonyl (C=O) groups is 1. The van der Waals surface area contributed by atoms with Crippen molar-refractivity contribution in [2.75, 3.05) is 4.90 Å². The van der Waals surface area contributed by atoms with Gasteiger partial charge in [-0.1, -0.05) is 22.0 Å². The van der Waals surface area contributed by atoms with Crippen LogP contribution in [0.4, 0.5) is 5.69 Å². The fourth-order valence-electron chi connectivity index (χ4n) is 4.79. The van der Waals surface area contributed by atoms with E-state index in [9.17, 15) is 9.90 Å². The zero-order valence-electron chi connectivity index (χ0n) is 19.1. The second kappa shape index (κ2) is 9.28. The number of hydrogen-bond acceptors (Lipinski definition) is 3. The molecule has 0 bridgehead atoms. The van der Waals surface area contributed by atoms with E-state index in [4.69, 9.17) is 12.2 Å². The number of aromatic carboxylic acids is 1. The first-order valence-electron chi connectivity index (χ1n) is 11.1. The second-order valence-electron chi connectivity index (χ2n) is 8.49. The van der Waals surface area contributed by atoms with Crippen LogP contribution in [0.1, 0.15) is 45.1 Å². The van der Waals surface area contributed by atoms with Crippen LogP contribution in [0.15, 0.2) is 83.5 Å². The molecule has 2 aromatic carbocycles. The van der Waals surface area contributed by atoms with Gasteiger partial charge in [-0.3, -0.25) is 4.98 Å². The molecule has 0 unspecified atom stereocenters. The van der Waals surface area contributed by atoms with Crippen LogP contribution < -0.4 is 10.2 Å². The number of aromatic nitrogens is 2. The average Bonchev–Trinajstić information content (AvgIpc) is 3.35. The summed E-state index contributed by atoms with van der Waals surface area (Å²) in [4.78, 5) is 18.1. The highest BCUT2D eigenvalue weighted by Gasteiger charge is 2.42. The van der Waals surface area contributed by atoms with Crippen LogP contribution in [-0.2, 0) is 0 Å². The van der Waals surface area contributed by atoms with Crippen LogP contribution in [0.3, 0.4) is 0 Å². The van der Waals surface area contributed by atoms with Gasteiger partial charge in [-0.2, -0.15) is 0 Å². The van der Waals surface area contributed by atoms with Gasteiger partial charge >= 0.3 is 5.97 Å². The first-order valence-corrected chi connectivity index (χ1v) is 12.3. The zero-order chi connectivity index (χ0) is 24.7. The highest BCUT2D eigenvalue weighted by atomic mass is 79.9. The lowest BCUT2D eigenvalue weighted by Crippen LogP contribution is -2.29. The van der Waals surface area contributed by atoms with Crippen LogP contribution in [-0.4, -0.2) is 25.7 Å². The highest BCUT2D eigenvalue weighted by molar-refractivity contribution is 9.10.